The van der Waals surface area contributed by atoms with E-state index in [-0.39, 0.29) is 11.8 Å². The largest absolute Gasteiger partial charge is 0.458 e. The Bertz CT molecular complexity index is 509. The van der Waals surface area contributed by atoms with E-state index in [1.807, 2.05) is 6.92 Å². The molecule has 2 heterocycles. The smallest absolute Gasteiger partial charge is 0.303 e. The fraction of sp³-hybridized carbons (Fsp3) is 0.538. The Labute approximate surface area is 111 Å². The van der Waals surface area contributed by atoms with Crippen molar-refractivity contribution in [3.63, 3.8) is 0 Å². The molecule has 0 radical (unpaired) electrons. The van der Waals surface area contributed by atoms with Gasteiger partial charge in [0, 0.05) is 23.9 Å². The van der Waals surface area contributed by atoms with Gasteiger partial charge in [0.2, 0.25) is 0 Å². The van der Waals surface area contributed by atoms with Gasteiger partial charge in [-0.25, -0.2) is 0 Å². The lowest BCUT2D eigenvalue weighted by molar-refractivity contribution is -0.149. The minimum Gasteiger partial charge on any atom is -0.458 e. The molecule has 3 atom stereocenters. The maximum absolute atomic E-state index is 11.4. The van der Waals surface area contributed by atoms with Gasteiger partial charge in [-0.3, -0.25) is 9.59 Å². The third kappa shape index (κ3) is 2.69. The van der Waals surface area contributed by atoms with Gasteiger partial charge < -0.3 is 20.2 Å². The van der Waals surface area contributed by atoms with Gasteiger partial charge in [-0.05, 0) is 19.9 Å². The Kier molecular flexibility index (Phi) is 3.73. The van der Waals surface area contributed by atoms with Crippen LogP contribution in [-0.4, -0.2) is 35.5 Å². The second-order valence-electron chi connectivity index (χ2n) is 4.81. The number of hydrogen-bond acceptors (Lipinski definition) is 5. The fourth-order valence-electron chi connectivity index (χ4n) is 2.34. The summed E-state index contributed by atoms with van der Waals surface area (Å²) in [4.78, 5) is 25.7. The molecule has 3 N–H and O–H groups in total. The highest BCUT2D eigenvalue weighted by atomic mass is 16.6. The van der Waals surface area contributed by atoms with Crippen LogP contribution in [0.4, 0.5) is 0 Å². The number of carbonyl (C=O) groups excluding carboxylic acids is 2. The first-order valence-electron chi connectivity index (χ1n) is 6.15. The lowest BCUT2D eigenvalue weighted by Gasteiger charge is -2.19. The predicted molar refractivity (Wildman–Crippen MR) is 67.8 cm³/mol. The van der Waals surface area contributed by atoms with Crippen LogP contribution in [0.15, 0.2) is 6.07 Å². The van der Waals surface area contributed by atoms with Gasteiger partial charge in [-0.1, -0.05) is 0 Å². The van der Waals surface area contributed by atoms with E-state index in [4.69, 9.17) is 15.2 Å². The average molecular weight is 266 g/mol. The summed E-state index contributed by atoms with van der Waals surface area (Å²) in [6, 6.07) is 1.37. The monoisotopic (exact) mass is 266 g/mol. The van der Waals surface area contributed by atoms with Crippen molar-refractivity contribution in [2.45, 2.75) is 39.0 Å². The molecule has 6 nitrogen and oxygen atoms in total. The number of H-pyrrole nitrogens is 1. The number of aromatic nitrogens is 1. The van der Waals surface area contributed by atoms with E-state index >= 15 is 0 Å². The first-order chi connectivity index (χ1) is 8.90. The molecule has 19 heavy (non-hydrogen) atoms. The van der Waals surface area contributed by atoms with E-state index in [9.17, 15) is 9.59 Å². The van der Waals surface area contributed by atoms with Gasteiger partial charge in [-0.15, -0.1) is 0 Å². The number of rotatable bonds is 3. The Hall–Kier alpha value is -1.66. The first-order valence-corrected chi connectivity index (χ1v) is 6.15. The van der Waals surface area contributed by atoms with Crippen molar-refractivity contribution >= 4 is 11.8 Å². The van der Waals surface area contributed by atoms with Crippen LogP contribution in [-0.2, 0) is 14.3 Å². The van der Waals surface area contributed by atoms with Crippen LogP contribution in [0.25, 0.3) is 0 Å². The quantitative estimate of drug-likeness (QED) is 0.625. The summed E-state index contributed by atoms with van der Waals surface area (Å²) in [6.07, 6.45) is -0.985. The first kappa shape index (κ1) is 13.8. The number of Topliss-reactive ketones (excluding diaryl/α,β-unsaturated/α-hetero) is 1. The average Bonchev–Trinajstić information content (AvgIpc) is 2.83. The van der Waals surface area contributed by atoms with E-state index < -0.39 is 18.2 Å². The zero-order chi connectivity index (χ0) is 14.2. The molecule has 1 aromatic heterocycles. The third-order valence-electron chi connectivity index (χ3n) is 3.21. The van der Waals surface area contributed by atoms with Gasteiger partial charge in [0.15, 0.2) is 11.9 Å². The highest BCUT2D eigenvalue weighted by Gasteiger charge is 2.39. The van der Waals surface area contributed by atoms with E-state index in [1.165, 1.54) is 13.8 Å². The molecule has 0 aliphatic carbocycles. The molecule has 0 saturated carbocycles. The molecule has 1 aliphatic rings. The highest BCUT2D eigenvalue weighted by molar-refractivity contribution is 5.95. The van der Waals surface area contributed by atoms with Crippen molar-refractivity contribution in [3.8, 4) is 0 Å². The second-order valence-corrected chi connectivity index (χ2v) is 4.81. The van der Waals surface area contributed by atoms with Crippen molar-refractivity contribution in [1.82, 2.24) is 4.98 Å². The molecule has 1 saturated heterocycles. The van der Waals surface area contributed by atoms with Gasteiger partial charge in [0.05, 0.1) is 12.6 Å². The molecular weight excluding hydrogens is 248 g/mol. The number of ketones is 1. The lowest BCUT2D eigenvalue weighted by atomic mass is 10.1. The highest BCUT2D eigenvalue weighted by Crippen LogP contribution is 2.31. The van der Waals surface area contributed by atoms with E-state index in [0.717, 1.165) is 5.69 Å². The molecule has 1 aromatic rings. The number of hydrogen-bond donors (Lipinski definition) is 2. The minimum absolute atomic E-state index is 0.0219. The van der Waals surface area contributed by atoms with Gasteiger partial charge >= 0.3 is 5.97 Å². The molecule has 6 heteroatoms. The van der Waals surface area contributed by atoms with E-state index in [2.05, 4.69) is 4.98 Å². The van der Waals surface area contributed by atoms with Crippen molar-refractivity contribution in [3.05, 3.63) is 23.0 Å². The van der Waals surface area contributed by atoms with Gasteiger partial charge in [0.25, 0.3) is 0 Å². The van der Waals surface area contributed by atoms with Crippen molar-refractivity contribution in [2.75, 3.05) is 6.61 Å². The van der Waals surface area contributed by atoms with Crippen molar-refractivity contribution in [1.29, 1.82) is 0 Å². The predicted octanol–water partition coefficient (Wildman–Crippen LogP) is 0.856. The van der Waals surface area contributed by atoms with Crippen molar-refractivity contribution in [2.24, 2.45) is 5.73 Å². The summed E-state index contributed by atoms with van der Waals surface area (Å²) in [5.41, 5.74) is 7.97. The number of nitrogens with two attached hydrogens (primary N) is 1. The summed E-state index contributed by atoms with van der Waals surface area (Å²) in [5.74, 6) is -0.419. The van der Waals surface area contributed by atoms with Crippen LogP contribution in [0.2, 0.25) is 0 Å². The normalized spacial score (nSPS) is 26.4. The molecule has 0 bridgehead atoms. The molecule has 0 unspecified atom stereocenters. The summed E-state index contributed by atoms with van der Waals surface area (Å²) >= 11 is 0. The van der Waals surface area contributed by atoms with Gasteiger partial charge in [0.1, 0.15) is 6.10 Å². The van der Waals surface area contributed by atoms with E-state index in [0.29, 0.717) is 17.9 Å². The van der Waals surface area contributed by atoms with Crippen LogP contribution in [0.3, 0.4) is 0 Å². The number of nitrogens with one attached hydrogen (secondary N) is 1. The Morgan fingerprint density at radius 1 is 1.47 bits per heavy atom. The number of esters is 1. The summed E-state index contributed by atoms with van der Waals surface area (Å²) in [7, 11) is 0. The van der Waals surface area contributed by atoms with E-state index in [1.54, 1.807) is 6.07 Å². The van der Waals surface area contributed by atoms with Crippen LogP contribution < -0.4 is 5.73 Å². The minimum atomic E-state index is -0.532. The maximum atomic E-state index is 11.4. The van der Waals surface area contributed by atoms with Crippen LogP contribution in [0.1, 0.15) is 41.7 Å². The Morgan fingerprint density at radius 3 is 2.68 bits per heavy atom. The SMILES string of the molecule is CC(=O)O[C@@H]1[C@@H](N)CO[C@H]1c1cc(C(C)=O)c(C)[nH]1. The molecule has 104 valence electrons. The Balaban J connectivity index is 2.27. The topological polar surface area (TPSA) is 94.4 Å². The van der Waals surface area contributed by atoms with Crippen LogP contribution in [0.5, 0.6) is 0 Å². The zero-order valence-electron chi connectivity index (χ0n) is 11.2. The number of aromatic amines is 1. The maximum Gasteiger partial charge on any atom is 0.303 e. The standard InChI is InChI=1S/C13H18N2O4/c1-6-9(7(2)16)4-11(15-6)13-12(19-8(3)17)10(14)5-18-13/h4,10,12-13,15H,5,14H2,1-3H3/t10-,12+,13-/m0/s1. The molecule has 0 aromatic carbocycles. The number of ether oxygens (including phenoxy) is 2. The summed E-state index contributed by atoms with van der Waals surface area (Å²) in [6.45, 7) is 4.97. The number of aryl methyl sites for hydroxylation is 1. The number of carbonyl (C=O) groups is 2. The second kappa shape index (κ2) is 5.14. The molecule has 0 spiro atoms. The summed E-state index contributed by atoms with van der Waals surface area (Å²) < 4.78 is 10.8. The van der Waals surface area contributed by atoms with Crippen LogP contribution in [0, 0.1) is 6.92 Å². The van der Waals surface area contributed by atoms with Gasteiger partial charge in [-0.2, -0.15) is 0 Å². The fourth-order valence-corrected chi connectivity index (χ4v) is 2.34. The summed E-state index contributed by atoms with van der Waals surface area (Å²) in [5, 5.41) is 0. The molecular formula is C13H18N2O4. The molecule has 1 fully saturated rings. The zero-order valence-corrected chi connectivity index (χ0v) is 11.2. The Morgan fingerprint density at radius 2 is 2.16 bits per heavy atom. The molecule has 2 rings (SSSR count). The lowest BCUT2D eigenvalue weighted by Crippen LogP contribution is -2.37. The molecule has 0 amide bonds. The third-order valence-corrected chi connectivity index (χ3v) is 3.21. The van der Waals surface area contributed by atoms with Crippen LogP contribution >= 0.6 is 0 Å². The molecule has 1 aliphatic heterocycles. The van der Waals surface area contributed by atoms with Crippen molar-refractivity contribution < 1.29 is 19.1 Å².